The second-order valence-electron chi connectivity index (χ2n) is 4.53. The Balaban J connectivity index is 2.05. The van der Waals surface area contributed by atoms with Crippen LogP contribution in [0.1, 0.15) is 5.56 Å². The summed E-state index contributed by atoms with van der Waals surface area (Å²) in [6.07, 6.45) is -7.71. The summed E-state index contributed by atoms with van der Waals surface area (Å²) in [7, 11) is 0. The number of aliphatic hydroxyl groups excluding tert-OH is 3. The highest BCUT2D eigenvalue weighted by Crippen LogP contribution is 2.23. The first-order valence-corrected chi connectivity index (χ1v) is 6.08. The number of ether oxygens (including phenoxy) is 2. The number of rotatable bonds is 4. The Hall–Kier alpha value is -1.51. The van der Waals surface area contributed by atoms with Crippen LogP contribution in [0, 0.1) is 0 Å². The molecular weight excluding hydrogens is 268 g/mol. The summed E-state index contributed by atoms with van der Waals surface area (Å²) in [6.45, 7) is 0.0681. The Bertz CT molecular complexity index is 449. The molecule has 5 atom stereocenters. The first-order valence-electron chi connectivity index (χ1n) is 6.08. The van der Waals surface area contributed by atoms with Crippen molar-refractivity contribution in [1.82, 2.24) is 0 Å². The van der Waals surface area contributed by atoms with Gasteiger partial charge in [-0.25, -0.2) is 4.79 Å². The molecule has 1 aliphatic rings. The van der Waals surface area contributed by atoms with E-state index in [4.69, 9.17) is 9.84 Å². The Morgan fingerprint density at radius 3 is 2.40 bits per heavy atom. The van der Waals surface area contributed by atoms with E-state index in [0.717, 1.165) is 5.56 Å². The number of aliphatic carboxylic acids is 1. The molecule has 0 saturated carbocycles. The second-order valence-corrected chi connectivity index (χ2v) is 4.53. The molecule has 7 heteroatoms. The van der Waals surface area contributed by atoms with E-state index in [-0.39, 0.29) is 6.61 Å². The minimum absolute atomic E-state index is 0.0681. The highest BCUT2D eigenvalue weighted by atomic mass is 16.7. The molecule has 1 heterocycles. The lowest BCUT2D eigenvalue weighted by molar-refractivity contribution is -0.289. The van der Waals surface area contributed by atoms with Gasteiger partial charge in [0.1, 0.15) is 18.3 Å². The van der Waals surface area contributed by atoms with Gasteiger partial charge in [0.15, 0.2) is 12.4 Å². The van der Waals surface area contributed by atoms with E-state index in [1.54, 1.807) is 24.3 Å². The third-order valence-corrected chi connectivity index (χ3v) is 3.09. The summed E-state index contributed by atoms with van der Waals surface area (Å²) < 4.78 is 9.97. The van der Waals surface area contributed by atoms with E-state index in [0.29, 0.717) is 0 Å². The van der Waals surface area contributed by atoms with Gasteiger partial charge < -0.3 is 29.9 Å². The van der Waals surface area contributed by atoms with Crippen LogP contribution >= 0.6 is 0 Å². The molecule has 4 N–H and O–H groups in total. The zero-order valence-electron chi connectivity index (χ0n) is 10.5. The van der Waals surface area contributed by atoms with E-state index in [2.05, 4.69) is 4.74 Å². The third kappa shape index (κ3) is 3.14. The van der Waals surface area contributed by atoms with Crippen LogP contribution in [0.5, 0.6) is 0 Å². The summed E-state index contributed by atoms with van der Waals surface area (Å²) in [5.74, 6) is -1.43. The lowest BCUT2D eigenvalue weighted by atomic mass is 9.98. The highest BCUT2D eigenvalue weighted by Gasteiger charge is 2.47. The predicted molar refractivity (Wildman–Crippen MR) is 65.5 cm³/mol. The van der Waals surface area contributed by atoms with Gasteiger partial charge >= 0.3 is 5.97 Å². The molecule has 0 aromatic heterocycles. The maximum Gasteiger partial charge on any atom is 0.335 e. The summed E-state index contributed by atoms with van der Waals surface area (Å²) in [5, 5.41) is 37.9. The number of carboxylic acids is 1. The van der Waals surface area contributed by atoms with E-state index >= 15 is 0 Å². The topological polar surface area (TPSA) is 116 Å². The van der Waals surface area contributed by atoms with Gasteiger partial charge in [0.05, 0.1) is 6.61 Å². The van der Waals surface area contributed by atoms with Crippen molar-refractivity contribution in [3.05, 3.63) is 35.9 Å². The minimum atomic E-state index is -1.72. The van der Waals surface area contributed by atoms with Gasteiger partial charge in [-0.1, -0.05) is 30.3 Å². The number of benzene rings is 1. The third-order valence-electron chi connectivity index (χ3n) is 3.09. The number of carbonyl (C=O) groups is 1. The molecule has 0 aliphatic carbocycles. The number of hydrogen-bond acceptors (Lipinski definition) is 6. The normalized spacial score (nSPS) is 33.9. The average molecular weight is 284 g/mol. The summed E-state index contributed by atoms with van der Waals surface area (Å²) in [6, 6.07) is 8.98. The zero-order valence-corrected chi connectivity index (χ0v) is 10.5. The van der Waals surface area contributed by atoms with Crippen molar-refractivity contribution in [2.75, 3.05) is 0 Å². The first-order chi connectivity index (χ1) is 9.50. The fourth-order valence-corrected chi connectivity index (χ4v) is 2.02. The standard InChI is InChI=1S/C13H16O7/c14-8-10(19-6-7-4-2-1-3-5-7)9(15)13(18)20-11(8)12(16)17/h1-5,8-11,13-15,18H,6H2,(H,16,17)/t8-,9+,10-,11+,13?/m0/s1. The van der Waals surface area contributed by atoms with Crippen molar-refractivity contribution in [2.45, 2.75) is 37.3 Å². The Kier molecular flexibility index (Phi) is 4.69. The molecule has 110 valence electrons. The van der Waals surface area contributed by atoms with Crippen molar-refractivity contribution >= 4 is 5.97 Å². The van der Waals surface area contributed by atoms with Crippen LogP contribution in [-0.4, -0.2) is 57.1 Å². The minimum Gasteiger partial charge on any atom is -0.479 e. The van der Waals surface area contributed by atoms with Gasteiger partial charge in [0.25, 0.3) is 0 Å². The van der Waals surface area contributed by atoms with Gasteiger partial charge in [-0.2, -0.15) is 0 Å². The van der Waals surface area contributed by atoms with Crippen LogP contribution in [0.15, 0.2) is 30.3 Å². The molecule has 0 radical (unpaired) electrons. The SMILES string of the molecule is O=C(O)[C@@H]1OC(O)[C@H](O)[C@@H](OCc2ccccc2)[C@@H]1O. The van der Waals surface area contributed by atoms with Gasteiger partial charge in [-0.15, -0.1) is 0 Å². The van der Waals surface area contributed by atoms with Crippen molar-refractivity contribution in [3.8, 4) is 0 Å². The van der Waals surface area contributed by atoms with E-state index < -0.39 is 36.7 Å². The van der Waals surface area contributed by atoms with Crippen LogP contribution in [0.3, 0.4) is 0 Å². The van der Waals surface area contributed by atoms with Crippen molar-refractivity contribution in [1.29, 1.82) is 0 Å². The summed E-state index contributed by atoms with van der Waals surface area (Å²) in [5.41, 5.74) is 0.791. The summed E-state index contributed by atoms with van der Waals surface area (Å²) >= 11 is 0. The van der Waals surface area contributed by atoms with Gasteiger partial charge in [-0.05, 0) is 5.56 Å². The fourth-order valence-electron chi connectivity index (χ4n) is 2.02. The molecule has 7 nitrogen and oxygen atoms in total. The van der Waals surface area contributed by atoms with Crippen LogP contribution in [0.4, 0.5) is 0 Å². The number of aliphatic hydroxyl groups is 3. The van der Waals surface area contributed by atoms with Gasteiger partial charge in [-0.3, -0.25) is 0 Å². The highest BCUT2D eigenvalue weighted by molar-refractivity contribution is 5.73. The number of carboxylic acid groups (broad SMARTS) is 1. The monoisotopic (exact) mass is 284 g/mol. The molecule has 1 aromatic carbocycles. The van der Waals surface area contributed by atoms with E-state index in [9.17, 15) is 20.1 Å². The molecular formula is C13H16O7. The van der Waals surface area contributed by atoms with Crippen LogP contribution in [-0.2, 0) is 20.9 Å². The largest absolute Gasteiger partial charge is 0.479 e. The predicted octanol–water partition coefficient (Wildman–Crippen LogP) is -0.905. The lowest BCUT2D eigenvalue weighted by Crippen LogP contribution is -2.60. The van der Waals surface area contributed by atoms with E-state index in [1.807, 2.05) is 6.07 Å². The Morgan fingerprint density at radius 2 is 1.80 bits per heavy atom. The van der Waals surface area contributed by atoms with E-state index in [1.165, 1.54) is 0 Å². The molecule has 1 saturated heterocycles. The molecule has 1 aromatic rings. The maximum absolute atomic E-state index is 10.9. The smallest absolute Gasteiger partial charge is 0.335 e. The first kappa shape index (κ1) is 14.9. The molecule has 0 spiro atoms. The quantitative estimate of drug-likeness (QED) is 0.566. The van der Waals surface area contributed by atoms with Crippen molar-refractivity contribution in [2.24, 2.45) is 0 Å². The van der Waals surface area contributed by atoms with Crippen molar-refractivity contribution < 1.29 is 34.7 Å². The van der Waals surface area contributed by atoms with Crippen molar-refractivity contribution in [3.63, 3.8) is 0 Å². The average Bonchev–Trinajstić information content (AvgIpc) is 2.43. The molecule has 1 fully saturated rings. The molecule has 1 unspecified atom stereocenters. The maximum atomic E-state index is 10.9. The Morgan fingerprint density at radius 1 is 1.15 bits per heavy atom. The van der Waals surface area contributed by atoms with Gasteiger partial charge in [0.2, 0.25) is 0 Å². The second kappa shape index (κ2) is 6.29. The van der Waals surface area contributed by atoms with Crippen LogP contribution in [0.25, 0.3) is 0 Å². The molecule has 1 aliphatic heterocycles. The van der Waals surface area contributed by atoms with Crippen LogP contribution < -0.4 is 0 Å². The molecule has 20 heavy (non-hydrogen) atoms. The Labute approximate surface area is 115 Å². The molecule has 2 rings (SSSR count). The fraction of sp³-hybridized carbons (Fsp3) is 0.462. The zero-order chi connectivity index (χ0) is 14.7. The summed E-state index contributed by atoms with van der Waals surface area (Å²) in [4.78, 5) is 10.9. The van der Waals surface area contributed by atoms with Gasteiger partial charge in [0, 0.05) is 0 Å². The molecule has 0 bridgehead atoms. The number of hydrogen-bond donors (Lipinski definition) is 4. The van der Waals surface area contributed by atoms with Crippen LogP contribution in [0.2, 0.25) is 0 Å². The lowest BCUT2D eigenvalue weighted by Gasteiger charge is -2.38. The molecule has 0 amide bonds.